The number of aromatic amines is 1. The molecule has 1 aromatic heterocycles. The van der Waals surface area contributed by atoms with E-state index in [0.717, 1.165) is 28.4 Å². The number of rotatable bonds is 3. The van der Waals surface area contributed by atoms with Crippen LogP contribution >= 0.6 is 0 Å². The van der Waals surface area contributed by atoms with Crippen molar-refractivity contribution in [3.63, 3.8) is 0 Å². The van der Waals surface area contributed by atoms with Crippen molar-refractivity contribution in [3.8, 4) is 22.8 Å². The highest BCUT2D eigenvalue weighted by Crippen LogP contribution is 2.31. The molecule has 0 amide bonds. The van der Waals surface area contributed by atoms with Crippen molar-refractivity contribution in [2.75, 3.05) is 0 Å². The Bertz CT molecular complexity index is 1120. The maximum absolute atomic E-state index is 12.5. The van der Waals surface area contributed by atoms with Gasteiger partial charge in [0, 0.05) is 5.39 Å². The lowest BCUT2D eigenvalue weighted by Crippen LogP contribution is -2.16. The van der Waals surface area contributed by atoms with E-state index in [1.165, 1.54) is 4.57 Å². The first kappa shape index (κ1) is 15.2. The standard InChI is InChI=1S/C20H17N3O2/c1-2-13-10-11-18(24)16(12-13)19-21-22-20(25)23(19)17-9-5-7-14-6-3-4-8-15(14)17/h3-12,24H,2H2,1H3,(H,22,25). The molecule has 1 heterocycles. The van der Waals surface area contributed by atoms with Crippen molar-refractivity contribution in [1.82, 2.24) is 14.8 Å². The Balaban J connectivity index is 2.02. The number of phenols is 1. The highest BCUT2D eigenvalue weighted by atomic mass is 16.3. The average Bonchev–Trinajstić information content (AvgIpc) is 3.03. The van der Waals surface area contributed by atoms with Gasteiger partial charge in [0.15, 0.2) is 5.82 Å². The smallest absolute Gasteiger partial charge is 0.348 e. The van der Waals surface area contributed by atoms with E-state index < -0.39 is 0 Å². The molecule has 0 aliphatic carbocycles. The molecule has 0 atom stereocenters. The maximum Gasteiger partial charge on any atom is 0.348 e. The molecule has 5 heteroatoms. The third kappa shape index (κ3) is 2.50. The third-order valence-corrected chi connectivity index (χ3v) is 4.39. The summed E-state index contributed by atoms with van der Waals surface area (Å²) >= 11 is 0. The Morgan fingerprint density at radius 1 is 1.08 bits per heavy atom. The molecule has 0 spiro atoms. The van der Waals surface area contributed by atoms with Crippen LogP contribution in [-0.4, -0.2) is 19.9 Å². The van der Waals surface area contributed by atoms with Crippen LogP contribution in [0.2, 0.25) is 0 Å². The number of aryl methyl sites for hydroxylation is 1. The topological polar surface area (TPSA) is 70.9 Å². The van der Waals surface area contributed by atoms with Crippen LogP contribution in [0.15, 0.2) is 65.5 Å². The maximum atomic E-state index is 12.5. The molecule has 25 heavy (non-hydrogen) atoms. The van der Waals surface area contributed by atoms with Crippen molar-refractivity contribution in [1.29, 1.82) is 0 Å². The zero-order valence-electron chi connectivity index (χ0n) is 13.7. The van der Waals surface area contributed by atoms with Crippen molar-refractivity contribution in [3.05, 3.63) is 76.7 Å². The Kier molecular flexibility index (Phi) is 3.61. The molecule has 3 aromatic carbocycles. The third-order valence-electron chi connectivity index (χ3n) is 4.39. The van der Waals surface area contributed by atoms with Crippen LogP contribution in [-0.2, 0) is 6.42 Å². The second-order valence-electron chi connectivity index (χ2n) is 5.89. The van der Waals surface area contributed by atoms with E-state index in [0.29, 0.717) is 11.4 Å². The van der Waals surface area contributed by atoms with E-state index in [-0.39, 0.29) is 11.4 Å². The summed E-state index contributed by atoms with van der Waals surface area (Å²) in [4.78, 5) is 12.5. The fourth-order valence-corrected chi connectivity index (χ4v) is 3.09. The van der Waals surface area contributed by atoms with Gasteiger partial charge in [-0.25, -0.2) is 14.5 Å². The monoisotopic (exact) mass is 331 g/mol. The first-order chi connectivity index (χ1) is 12.2. The lowest BCUT2D eigenvalue weighted by atomic mass is 10.1. The van der Waals surface area contributed by atoms with Gasteiger partial charge in [0.2, 0.25) is 0 Å². The lowest BCUT2D eigenvalue weighted by molar-refractivity contribution is 0.476. The molecule has 0 saturated carbocycles. The Hall–Kier alpha value is -3.34. The normalized spacial score (nSPS) is 11.1. The highest BCUT2D eigenvalue weighted by Gasteiger charge is 2.17. The van der Waals surface area contributed by atoms with Gasteiger partial charge < -0.3 is 5.11 Å². The minimum Gasteiger partial charge on any atom is -0.507 e. The molecule has 4 aromatic rings. The quantitative estimate of drug-likeness (QED) is 0.602. The summed E-state index contributed by atoms with van der Waals surface area (Å²) in [5.74, 6) is 0.492. The lowest BCUT2D eigenvalue weighted by Gasteiger charge is -2.11. The van der Waals surface area contributed by atoms with Gasteiger partial charge in [-0.2, -0.15) is 5.10 Å². The molecule has 0 saturated heterocycles. The summed E-state index contributed by atoms with van der Waals surface area (Å²) in [5, 5.41) is 19.0. The van der Waals surface area contributed by atoms with Crippen LogP contribution in [0.4, 0.5) is 0 Å². The van der Waals surface area contributed by atoms with E-state index in [9.17, 15) is 9.90 Å². The Morgan fingerprint density at radius 2 is 1.88 bits per heavy atom. The zero-order chi connectivity index (χ0) is 17.4. The molecule has 4 rings (SSSR count). The van der Waals surface area contributed by atoms with Crippen LogP contribution < -0.4 is 5.69 Å². The Morgan fingerprint density at radius 3 is 2.72 bits per heavy atom. The summed E-state index contributed by atoms with van der Waals surface area (Å²) in [6, 6.07) is 19.0. The molecule has 0 aliphatic heterocycles. The molecular formula is C20H17N3O2. The van der Waals surface area contributed by atoms with Crippen molar-refractivity contribution in [2.45, 2.75) is 13.3 Å². The summed E-state index contributed by atoms with van der Waals surface area (Å²) in [5.41, 5.74) is 1.99. The Labute approximate surface area is 144 Å². The summed E-state index contributed by atoms with van der Waals surface area (Å²) < 4.78 is 1.51. The number of benzene rings is 3. The minimum atomic E-state index is -0.340. The SMILES string of the molecule is CCc1ccc(O)c(-c2n[nH]c(=O)n2-c2cccc3ccccc23)c1. The van der Waals surface area contributed by atoms with Gasteiger partial charge in [-0.15, -0.1) is 0 Å². The van der Waals surface area contributed by atoms with Gasteiger partial charge in [-0.3, -0.25) is 0 Å². The van der Waals surface area contributed by atoms with Gasteiger partial charge in [0.25, 0.3) is 0 Å². The van der Waals surface area contributed by atoms with Crippen LogP contribution in [0.25, 0.3) is 27.8 Å². The molecular weight excluding hydrogens is 314 g/mol. The number of hydrogen-bond acceptors (Lipinski definition) is 3. The highest BCUT2D eigenvalue weighted by molar-refractivity contribution is 5.90. The molecule has 0 bridgehead atoms. The number of phenolic OH excluding ortho intramolecular Hbond substituents is 1. The number of aromatic hydroxyl groups is 1. The zero-order valence-corrected chi connectivity index (χ0v) is 13.7. The molecule has 124 valence electrons. The molecule has 2 N–H and O–H groups in total. The molecule has 0 radical (unpaired) electrons. The number of H-pyrrole nitrogens is 1. The number of fused-ring (bicyclic) bond motifs is 1. The van der Waals surface area contributed by atoms with E-state index in [2.05, 4.69) is 10.2 Å². The van der Waals surface area contributed by atoms with E-state index in [1.54, 1.807) is 6.07 Å². The fraction of sp³-hybridized carbons (Fsp3) is 0.100. The molecule has 0 fully saturated rings. The number of nitrogens with zero attached hydrogens (tertiary/aromatic N) is 2. The van der Waals surface area contributed by atoms with Gasteiger partial charge >= 0.3 is 5.69 Å². The van der Waals surface area contributed by atoms with E-state index >= 15 is 0 Å². The van der Waals surface area contributed by atoms with Crippen LogP contribution in [0.5, 0.6) is 5.75 Å². The van der Waals surface area contributed by atoms with E-state index in [1.807, 2.05) is 61.5 Å². The summed E-state index contributed by atoms with van der Waals surface area (Å²) in [6.45, 7) is 2.04. The predicted molar refractivity (Wildman–Crippen MR) is 98.2 cm³/mol. The fourth-order valence-electron chi connectivity index (χ4n) is 3.09. The molecule has 0 aliphatic rings. The van der Waals surface area contributed by atoms with E-state index in [4.69, 9.17) is 0 Å². The first-order valence-corrected chi connectivity index (χ1v) is 8.17. The second-order valence-corrected chi connectivity index (χ2v) is 5.89. The predicted octanol–water partition coefficient (Wildman–Crippen LogP) is 3.65. The largest absolute Gasteiger partial charge is 0.507 e. The van der Waals surface area contributed by atoms with Gasteiger partial charge in [0.1, 0.15) is 5.75 Å². The van der Waals surface area contributed by atoms with Crippen LogP contribution in [0, 0.1) is 0 Å². The number of hydrogen-bond donors (Lipinski definition) is 2. The minimum absolute atomic E-state index is 0.0951. The summed E-state index contributed by atoms with van der Waals surface area (Å²) in [7, 11) is 0. The van der Waals surface area contributed by atoms with Crippen molar-refractivity contribution < 1.29 is 5.11 Å². The first-order valence-electron chi connectivity index (χ1n) is 8.17. The van der Waals surface area contributed by atoms with Gasteiger partial charge in [-0.1, -0.05) is 49.4 Å². The number of nitrogens with one attached hydrogen (secondary N) is 1. The van der Waals surface area contributed by atoms with Crippen LogP contribution in [0.3, 0.4) is 0 Å². The van der Waals surface area contributed by atoms with Gasteiger partial charge in [-0.05, 0) is 35.6 Å². The van der Waals surface area contributed by atoms with Crippen molar-refractivity contribution in [2.24, 2.45) is 0 Å². The second kappa shape index (κ2) is 5.94. The average molecular weight is 331 g/mol. The van der Waals surface area contributed by atoms with Gasteiger partial charge in [0.05, 0.1) is 11.3 Å². The van der Waals surface area contributed by atoms with Crippen molar-refractivity contribution >= 4 is 10.8 Å². The number of aromatic nitrogens is 3. The van der Waals surface area contributed by atoms with Crippen LogP contribution in [0.1, 0.15) is 12.5 Å². The molecule has 0 unspecified atom stereocenters. The summed E-state index contributed by atoms with van der Waals surface area (Å²) in [6.07, 6.45) is 0.830. The molecule has 5 nitrogen and oxygen atoms in total.